The zero-order valence-corrected chi connectivity index (χ0v) is 21.2. The molecule has 2 heterocycles. The molecule has 8 heteroatoms. The van der Waals surface area contributed by atoms with Gasteiger partial charge in [-0.05, 0) is 54.6 Å². The van der Waals surface area contributed by atoms with Crippen LogP contribution in [0.1, 0.15) is 54.9 Å². The summed E-state index contributed by atoms with van der Waals surface area (Å²) in [4.78, 5) is 29.3. The average Bonchev–Trinajstić information content (AvgIpc) is 3.43. The van der Waals surface area contributed by atoms with Gasteiger partial charge in [-0.2, -0.15) is 0 Å². The highest BCUT2D eigenvalue weighted by Crippen LogP contribution is 2.40. The van der Waals surface area contributed by atoms with Crippen LogP contribution in [-0.2, 0) is 4.74 Å². The second-order valence-electron chi connectivity index (χ2n) is 9.82. The Morgan fingerprint density at radius 2 is 1.76 bits per heavy atom. The first kappa shape index (κ1) is 23.9. The van der Waals surface area contributed by atoms with Crippen LogP contribution in [0.5, 0.6) is 0 Å². The van der Waals surface area contributed by atoms with Gasteiger partial charge in [0.15, 0.2) is 0 Å². The predicted octanol–water partition coefficient (Wildman–Crippen LogP) is 7.24. The van der Waals surface area contributed by atoms with Gasteiger partial charge in [0, 0.05) is 23.9 Å². The van der Waals surface area contributed by atoms with Crippen molar-refractivity contribution in [3.8, 4) is 17.1 Å². The molecule has 192 valence electrons. The first-order valence-electron chi connectivity index (χ1n) is 13.0. The van der Waals surface area contributed by atoms with Gasteiger partial charge in [-0.3, -0.25) is 10.1 Å². The number of rotatable bonds is 5. The Morgan fingerprint density at radius 3 is 2.53 bits per heavy atom. The van der Waals surface area contributed by atoms with E-state index in [0.29, 0.717) is 28.2 Å². The number of nitrogens with zero attached hydrogens (tertiary/aromatic N) is 4. The largest absolute Gasteiger partial charge is 0.465 e. The highest BCUT2D eigenvalue weighted by atomic mass is 16.6. The lowest BCUT2D eigenvalue weighted by Gasteiger charge is -2.21. The zero-order chi connectivity index (χ0) is 26.2. The van der Waals surface area contributed by atoms with Crippen LogP contribution in [0.2, 0.25) is 0 Å². The van der Waals surface area contributed by atoms with Crippen LogP contribution in [0.25, 0.3) is 39.0 Å². The summed E-state index contributed by atoms with van der Waals surface area (Å²) in [7, 11) is 1.36. The monoisotopic (exact) mass is 508 g/mol. The summed E-state index contributed by atoms with van der Waals surface area (Å²) in [6, 6.07) is 20.6. The molecule has 6 rings (SSSR count). The maximum Gasteiger partial charge on any atom is 0.337 e. The molecule has 2 aromatic heterocycles. The number of fused-ring (bicyclic) bond motifs is 2. The molecular formula is C30H28N4O4. The molecule has 0 saturated heterocycles. The minimum absolute atomic E-state index is 0.0126. The normalized spacial score (nSPS) is 14.6. The number of aromatic nitrogens is 3. The molecule has 5 aromatic rings. The SMILES string of the molecule is COC(=O)c1ccc2c(c1)nc(-c1cccc([N+](=O)[O-])c1-n1ccc3ccccc31)n2C1CCCCCC1. The van der Waals surface area contributed by atoms with Crippen molar-refractivity contribution in [3.05, 3.63) is 88.6 Å². The Hall–Kier alpha value is -4.46. The molecule has 3 aromatic carbocycles. The molecule has 1 fully saturated rings. The highest BCUT2D eigenvalue weighted by molar-refractivity contribution is 5.95. The van der Waals surface area contributed by atoms with Crippen LogP contribution >= 0.6 is 0 Å². The van der Waals surface area contributed by atoms with Gasteiger partial charge in [0.2, 0.25) is 0 Å². The molecule has 38 heavy (non-hydrogen) atoms. The first-order valence-corrected chi connectivity index (χ1v) is 13.0. The van der Waals surface area contributed by atoms with Crippen molar-refractivity contribution in [3.63, 3.8) is 0 Å². The predicted molar refractivity (Wildman–Crippen MR) is 147 cm³/mol. The van der Waals surface area contributed by atoms with Gasteiger partial charge in [-0.1, -0.05) is 49.9 Å². The number of imidazole rings is 1. The summed E-state index contributed by atoms with van der Waals surface area (Å²) < 4.78 is 9.07. The molecule has 1 saturated carbocycles. The van der Waals surface area contributed by atoms with Crippen LogP contribution in [0, 0.1) is 10.1 Å². The molecule has 8 nitrogen and oxygen atoms in total. The lowest BCUT2D eigenvalue weighted by atomic mass is 10.1. The van der Waals surface area contributed by atoms with Gasteiger partial charge >= 0.3 is 5.97 Å². The van der Waals surface area contributed by atoms with E-state index in [4.69, 9.17) is 9.72 Å². The van der Waals surface area contributed by atoms with E-state index in [-0.39, 0.29) is 16.7 Å². The summed E-state index contributed by atoms with van der Waals surface area (Å²) in [5.41, 5.74) is 4.06. The summed E-state index contributed by atoms with van der Waals surface area (Å²) in [6.45, 7) is 0. The van der Waals surface area contributed by atoms with E-state index in [1.54, 1.807) is 24.3 Å². The Morgan fingerprint density at radius 1 is 0.974 bits per heavy atom. The fourth-order valence-corrected chi connectivity index (χ4v) is 5.81. The van der Waals surface area contributed by atoms with Crippen molar-refractivity contribution < 1.29 is 14.5 Å². The van der Waals surface area contributed by atoms with Gasteiger partial charge in [-0.25, -0.2) is 9.78 Å². The van der Waals surface area contributed by atoms with Gasteiger partial charge in [0.1, 0.15) is 11.5 Å². The summed E-state index contributed by atoms with van der Waals surface area (Å²) in [5, 5.41) is 13.3. The second kappa shape index (κ2) is 9.78. The van der Waals surface area contributed by atoms with E-state index in [1.165, 1.54) is 20.0 Å². The van der Waals surface area contributed by atoms with Gasteiger partial charge in [-0.15, -0.1) is 0 Å². The Bertz CT molecular complexity index is 1670. The smallest absolute Gasteiger partial charge is 0.337 e. The third kappa shape index (κ3) is 4.02. The molecule has 0 unspecified atom stereocenters. The zero-order valence-electron chi connectivity index (χ0n) is 21.2. The Labute approximate surface area is 219 Å². The first-order chi connectivity index (χ1) is 18.6. The third-order valence-electron chi connectivity index (χ3n) is 7.59. The van der Waals surface area contributed by atoms with Crippen molar-refractivity contribution in [2.45, 2.75) is 44.6 Å². The molecule has 1 aliphatic carbocycles. The minimum Gasteiger partial charge on any atom is -0.465 e. The molecule has 0 aliphatic heterocycles. The lowest BCUT2D eigenvalue weighted by molar-refractivity contribution is -0.384. The van der Waals surface area contributed by atoms with Crippen molar-refractivity contribution in [2.24, 2.45) is 0 Å². The maximum absolute atomic E-state index is 12.3. The van der Waals surface area contributed by atoms with Crippen molar-refractivity contribution in [2.75, 3.05) is 7.11 Å². The van der Waals surface area contributed by atoms with E-state index in [0.717, 1.165) is 42.1 Å². The quantitative estimate of drug-likeness (QED) is 0.108. The summed E-state index contributed by atoms with van der Waals surface area (Å²) in [6.07, 6.45) is 8.53. The standard InChI is InChI=1S/C30H28N4O4/c1-38-30(35)21-15-16-26-24(19-21)31-29(33(26)22-10-4-2-3-5-11-22)23-12-8-14-27(34(36)37)28(23)32-18-17-20-9-6-7-13-25(20)32/h6-9,12-19,22H,2-5,10-11H2,1H3. The van der Waals surface area contributed by atoms with E-state index < -0.39 is 5.97 Å². The Balaban J connectivity index is 1.66. The van der Waals surface area contributed by atoms with Gasteiger partial charge < -0.3 is 13.9 Å². The number of hydrogen-bond acceptors (Lipinski definition) is 5. The van der Waals surface area contributed by atoms with E-state index in [9.17, 15) is 14.9 Å². The number of para-hydroxylation sites is 2. The number of methoxy groups -OCH3 is 1. The van der Waals surface area contributed by atoms with Gasteiger partial charge in [0.25, 0.3) is 5.69 Å². The number of hydrogen-bond donors (Lipinski definition) is 0. The van der Waals surface area contributed by atoms with Crippen LogP contribution in [0.3, 0.4) is 0 Å². The molecule has 0 N–H and O–H groups in total. The minimum atomic E-state index is -0.424. The number of carbonyl (C=O) groups is 1. The van der Waals surface area contributed by atoms with E-state index in [2.05, 4.69) is 4.57 Å². The van der Waals surface area contributed by atoms with Crippen LogP contribution in [0.15, 0.2) is 72.9 Å². The third-order valence-corrected chi connectivity index (χ3v) is 7.59. The number of nitro benzene ring substituents is 1. The van der Waals surface area contributed by atoms with Crippen LogP contribution in [0.4, 0.5) is 5.69 Å². The van der Waals surface area contributed by atoms with Crippen LogP contribution < -0.4 is 0 Å². The molecule has 0 bridgehead atoms. The Kier molecular flexibility index (Phi) is 6.15. The van der Waals surface area contributed by atoms with Crippen molar-refractivity contribution in [1.82, 2.24) is 14.1 Å². The maximum atomic E-state index is 12.3. The van der Waals surface area contributed by atoms with Gasteiger partial charge in [0.05, 0.1) is 34.1 Å². The van der Waals surface area contributed by atoms with Crippen molar-refractivity contribution >= 4 is 33.6 Å². The molecule has 0 amide bonds. The molecule has 0 atom stereocenters. The number of carbonyl (C=O) groups excluding carboxylic acids is 1. The number of benzene rings is 3. The molecule has 0 spiro atoms. The number of esters is 1. The highest BCUT2D eigenvalue weighted by Gasteiger charge is 2.28. The number of ether oxygens (including phenoxy) is 1. The second-order valence-corrected chi connectivity index (χ2v) is 9.82. The summed E-state index contributed by atoms with van der Waals surface area (Å²) >= 11 is 0. The molecule has 1 aliphatic rings. The fourth-order valence-electron chi connectivity index (χ4n) is 5.81. The number of nitro groups is 1. The topological polar surface area (TPSA) is 92.2 Å². The van der Waals surface area contributed by atoms with Crippen molar-refractivity contribution in [1.29, 1.82) is 0 Å². The average molecular weight is 509 g/mol. The summed E-state index contributed by atoms with van der Waals surface area (Å²) in [5.74, 6) is 0.248. The lowest BCUT2D eigenvalue weighted by Crippen LogP contribution is -2.11. The van der Waals surface area contributed by atoms with E-state index in [1.807, 2.05) is 53.2 Å². The molecule has 0 radical (unpaired) electrons. The van der Waals surface area contributed by atoms with Crippen LogP contribution in [-0.4, -0.2) is 32.1 Å². The van der Waals surface area contributed by atoms with E-state index >= 15 is 0 Å². The molecular weight excluding hydrogens is 480 g/mol. The fraction of sp³-hybridized carbons (Fsp3) is 0.267.